The highest BCUT2D eigenvalue weighted by Crippen LogP contribution is 2.09. The van der Waals surface area contributed by atoms with Gasteiger partial charge in [-0.1, -0.05) is 26.0 Å². The molecule has 0 rings (SSSR count). The van der Waals surface area contributed by atoms with Gasteiger partial charge in [0.2, 0.25) is 0 Å². The molecule has 0 fully saturated rings. The number of carbonyl (C=O) groups excluding carboxylic acids is 2. The first-order chi connectivity index (χ1) is 11.3. The summed E-state index contributed by atoms with van der Waals surface area (Å²) >= 11 is 0. The molecule has 132 valence electrons. The van der Waals surface area contributed by atoms with Crippen molar-refractivity contribution in [2.24, 2.45) is 0 Å². The Balaban J connectivity index is 4.58. The van der Waals surface area contributed by atoms with Crippen LogP contribution in [0, 0.1) is 0 Å². The van der Waals surface area contributed by atoms with Gasteiger partial charge in [-0.15, -0.1) is 0 Å². The number of hydrogen-bond acceptors (Lipinski definition) is 5. The van der Waals surface area contributed by atoms with Crippen LogP contribution in [0.2, 0.25) is 0 Å². The number of allylic oxidation sites excluding steroid dienone is 2. The van der Waals surface area contributed by atoms with Gasteiger partial charge in [-0.2, -0.15) is 0 Å². The van der Waals surface area contributed by atoms with Crippen LogP contribution in [0.5, 0.6) is 0 Å². The first kappa shape index (κ1) is 21.7. The highest BCUT2D eigenvalue weighted by molar-refractivity contribution is 5.49. The summed E-state index contributed by atoms with van der Waals surface area (Å²) in [5.41, 5.74) is 0. The minimum atomic E-state index is -0.515. The maximum absolute atomic E-state index is 10.3. The van der Waals surface area contributed by atoms with Gasteiger partial charge in [0.15, 0.2) is 12.6 Å². The van der Waals surface area contributed by atoms with Crippen LogP contribution in [0.4, 0.5) is 0 Å². The smallest absolute Gasteiger partial charge is 0.180 e. The van der Waals surface area contributed by atoms with Crippen molar-refractivity contribution in [3.05, 3.63) is 24.3 Å². The van der Waals surface area contributed by atoms with Gasteiger partial charge in [0, 0.05) is 26.1 Å². The molecule has 0 aromatic carbocycles. The molecule has 5 heteroatoms. The van der Waals surface area contributed by atoms with E-state index in [1.165, 1.54) is 0 Å². The normalized spacial score (nSPS) is 14.3. The van der Waals surface area contributed by atoms with Crippen molar-refractivity contribution in [3.63, 3.8) is 0 Å². The van der Waals surface area contributed by atoms with E-state index in [1.807, 2.05) is 26.0 Å². The van der Waals surface area contributed by atoms with Crippen LogP contribution in [0.1, 0.15) is 52.4 Å². The van der Waals surface area contributed by atoms with Gasteiger partial charge in [0.05, 0.1) is 0 Å². The van der Waals surface area contributed by atoms with Crippen LogP contribution in [-0.4, -0.2) is 38.4 Å². The van der Waals surface area contributed by atoms with E-state index < -0.39 is 12.6 Å². The Morgan fingerprint density at radius 3 is 1.52 bits per heavy atom. The molecule has 0 spiro atoms. The summed E-state index contributed by atoms with van der Waals surface area (Å²) in [6.07, 6.45) is 12.2. The highest BCUT2D eigenvalue weighted by Gasteiger charge is 2.12. The van der Waals surface area contributed by atoms with Crippen molar-refractivity contribution in [2.45, 2.75) is 65.0 Å². The summed E-state index contributed by atoms with van der Waals surface area (Å²) in [6.45, 7) is 5.21. The molecular weight excluding hydrogens is 296 g/mol. The molecule has 0 aliphatic heterocycles. The fourth-order valence-corrected chi connectivity index (χ4v) is 1.62. The van der Waals surface area contributed by atoms with E-state index >= 15 is 0 Å². The van der Waals surface area contributed by atoms with Crippen LogP contribution < -0.4 is 0 Å². The summed E-state index contributed by atoms with van der Waals surface area (Å²) in [6, 6.07) is 0. The molecule has 5 nitrogen and oxygen atoms in total. The predicted molar refractivity (Wildman–Crippen MR) is 90.0 cm³/mol. The Morgan fingerprint density at radius 2 is 1.17 bits per heavy atom. The molecule has 0 N–H and O–H groups in total. The van der Waals surface area contributed by atoms with E-state index in [4.69, 9.17) is 14.2 Å². The lowest BCUT2D eigenvalue weighted by Gasteiger charge is -2.21. The van der Waals surface area contributed by atoms with Crippen molar-refractivity contribution >= 4 is 12.6 Å². The SMILES string of the molecule is CCCOC(C=CCCC=O)OC(C=CCCC=O)OCCC. The molecule has 0 radical (unpaired) electrons. The number of aldehydes is 2. The van der Waals surface area contributed by atoms with E-state index in [2.05, 4.69) is 0 Å². The topological polar surface area (TPSA) is 61.8 Å². The van der Waals surface area contributed by atoms with Gasteiger partial charge < -0.3 is 23.8 Å². The summed E-state index contributed by atoms with van der Waals surface area (Å²) < 4.78 is 17.1. The molecule has 2 atom stereocenters. The number of unbranched alkanes of at least 4 members (excludes halogenated alkanes) is 2. The van der Waals surface area contributed by atoms with E-state index in [9.17, 15) is 9.59 Å². The van der Waals surface area contributed by atoms with Crippen LogP contribution >= 0.6 is 0 Å². The molecule has 0 aromatic heterocycles. The molecule has 0 heterocycles. The Hall–Kier alpha value is -1.30. The lowest BCUT2D eigenvalue weighted by Crippen LogP contribution is -2.25. The summed E-state index contributed by atoms with van der Waals surface area (Å²) in [5, 5.41) is 0. The minimum Gasteiger partial charge on any atom is -0.349 e. The molecule has 0 aromatic rings. The van der Waals surface area contributed by atoms with E-state index in [-0.39, 0.29) is 0 Å². The zero-order valence-electron chi connectivity index (χ0n) is 14.3. The number of ether oxygens (including phenoxy) is 3. The van der Waals surface area contributed by atoms with E-state index in [1.54, 1.807) is 12.2 Å². The second-order valence-corrected chi connectivity index (χ2v) is 4.96. The average molecular weight is 326 g/mol. The third-order valence-electron chi connectivity index (χ3n) is 2.73. The summed E-state index contributed by atoms with van der Waals surface area (Å²) in [4.78, 5) is 20.7. The largest absolute Gasteiger partial charge is 0.349 e. The lowest BCUT2D eigenvalue weighted by molar-refractivity contribution is -0.207. The maximum Gasteiger partial charge on any atom is 0.180 e. The van der Waals surface area contributed by atoms with Gasteiger partial charge >= 0.3 is 0 Å². The molecule has 0 bridgehead atoms. The average Bonchev–Trinajstić information content (AvgIpc) is 2.57. The van der Waals surface area contributed by atoms with Crippen LogP contribution in [-0.2, 0) is 23.8 Å². The van der Waals surface area contributed by atoms with Crippen molar-refractivity contribution in [1.29, 1.82) is 0 Å². The predicted octanol–water partition coefficient (Wildman–Crippen LogP) is 3.58. The standard InChI is InChI=1S/C18H30O5/c1-3-15-21-17(11-7-5-9-13-19)23-18(22-16-4-2)12-8-6-10-14-20/h7-8,11-14,17-18H,3-6,9-10,15-16H2,1-2H3. The molecule has 23 heavy (non-hydrogen) atoms. The van der Waals surface area contributed by atoms with Crippen molar-refractivity contribution in [3.8, 4) is 0 Å². The molecule has 0 saturated carbocycles. The number of carbonyl (C=O) groups is 2. The van der Waals surface area contributed by atoms with Gasteiger partial charge in [-0.3, -0.25) is 0 Å². The minimum absolute atomic E-state index is 0.484. The molecule has 0 saturated heterocycles. The maximum atomic E-state index is 10.3. The molecule has 0 aliphatic carbocycles. The third-order valence-corrected chi connectivity index (χ3v) is 2.73. The van der Waals surface area contributed by atoms with Crippen LogP contribution in [0.25, 0.3) is 0 Å². The Kier molecular flexibility index (Phi) is 16.1. The zero-order valence-corrected chi connectivity index (χ0v) is 14.3. The Bertz CT molecular complexity index is 306. The van der Waals surface area contributed by atoms with Crippen molar-refractivity contribution in [1.82, 2.24) is 0 Å². The van der Waals surface area contributed by atoms with Crippen LogP contribution in [0.3, 0.4) is 0 Å². The molecule has 0 amide bonds. The molecular formula is C18H30O5. The first-order valence-corrected chi connectivity index (χ1v) is 8.37. The summed E-state index contributed by atoms with van der Waals surface area (Å²) in [7, 11) is 0. The van der Waals surface area contributed by atoms with Gasteiger partial charge in [-0.05, 0) is 37.8 Å². The lowest BCUT2D eigenvalue weighted by atomic mass is 10.3. The van der Waals surface area contributed by atoms with Crippen molar-refractivity contribution in [2.75, 3.05) is 13.2 Å². The monoisotopic (exact) mass is 326 g/mol. The molecule has 2 unspecified atom stereocenters. The van der Waals surface area contributed by atoms with Crippen molar-refractivity contribution < 1.29 is 23.8 Å². The third kappa shape index (κ3) is 14.0. The number of rotatable bonds is 16. The second-order valence-electron chi connectivity index (χ2n) is 4.96. The fraction of sp³-hybridized carbons (Fsp3) is 0.667. The highest BCUT2D eigenvalue weighted by atomic mass is 16.8. The molecule has 0 aliphatic rings. The van der Waals surface area contributed by atoms with Gasteiger partial charge in [0.25, 0.3) is 0 Å². The van der Waals surface area contributed by atoms with Crippen LogP contribution in [0.15, 0.2) is 24.3 Å². The van der Waals surface area contributed by atoms with Gasteiger partial charge in [0.1, 0.15) is 12.6 Å². The first-order valence-electron chi connectivity index (χ1n) is 8.37. The Labute approximate surface area is 139 Å². The van der Waals surface area contributed by atoms with Gasteiger partial charge in [-0.25, -0.2) is 0 Å². The van der Waals surface area contributed by atoms with E-state index in [0.29, 0.717) is 38.9 Å². The quantitative estimate of drug-likeness (QED) is 0.188. The Morgan fingerprint density at radius 1 is 0.739 bits per heavy atom. The fourth-order valence-electron chi connectivity index (χ4n) is 1.62. The number of hydrogen-bond donors (Lipinski definition) is 0. The second kappa shape index (κ2) is 17.1. The summed E-state index contributed by atoms with van der Waals surface area (Å²) in [5.74, 6) is 0. The van der Waals surface area contributed by atoms with E-state index in [0.717, 1.165) is 25.4 Å². The zero-order chi connectivity index (χ0) is 17.2.